The van der Waals surface area contributed by atoms with E-state index >= 15 is 0 Å². The average molecular weight is 235 g/mol. The molecule has 2 atom stereocenters. The van der Waals surface area contributed by atoms with Gasteiger partial charge in [-0.05, 0) is 18.8 Å². The highest BCUT2D eigenvalue weighted by Crippen LogP contribution is 2.21. The molecule has 0 bridgehead atoms. The monoisotopic (exact) mass is 235 g/mol. The van der Waals surface area contributed by atoms with Gasteiger partial charge in [0.15, 0.2) is 0 Å². The Kier molecular flexibility index (Phi) is 4.10. The summed E-state index contributed by atoms with van der Waals surface area (Å²) in [7, 11) is -1.64. The fraction of sp³-hybridized carbons (Fsp3) is 0.889. The van der Waals surface area contributed by atoms with Gasteiger partial charge in [-0.2, -0.15) is 0 Å². The number of hydrogen-bond acceptors (Lipinski definition) is 5. The summed E-state index contributed by atoms with van der Waals surface area (Å²) >= 11 is 0. The smallest absolute Gasteiger partial charge is 0.305 e. The molecule has 5 nitrogen and oxygen atoms in total. The van der Waals surface area contributed by atoms with E-state index in [0.29, 0.717) is 12.8 Å². The SMILES string of the molecule is COC(=O)CC1CCS(=O)(=O)CCC1N. The van der Waals surface area contributed by atoms with E-state index in [1.807, 2.05) is 0 Å². The lowest BCUT2D eigenvalue weighted by atomic mass is 9.92. The van der Waals surface area contributed by atoms with Gasteiger partial charge in [-0.1, -0.05) is 0 Å². The lowest BCUT2D eigenvalue weighted by Gasteiger charge is -2.18. The Morgan fingerprint density at radius 3 is 2.60 bits per heavy atom. The summed E-state index contributed by atoms with van der Waals surface area (Å²) in [5, 5.41) is 0. The maximum atomic E-state index is 11.3. The molecule has 1 fully saturated rings. The van der Waals surface area contributed by atoms with Gasteiger partial charge >= 0.3 is 5.97 Å². The van der Waals surface area contributed by atoms with Crippen molar-refractivity contribution in [1.82, 2.24) is 0 Å². The molecular formula is C9H17NO4S. The second kappa shape index (κ2) is 4.94. The standard InChI is InChI=1S/C9H17NO4S/c1-14-9(11)6-7-2-4-15(12,13)5-3-8(7)10/h7-8H,2-6,10H2,1H3. The summed E-state index contributed by atoms with van der Waals surface area (Å²) in [6.45, 7) is 0. The molecule has 0 spiro atoms. The van der Waals surface area contributed by atoms with Gasteiger partial charge in [0.25, 0.3) is 0 Å². The zero-order valence-electron chi connectivity index (χ0n) is 8.81. The summed E-state index contributed by atoms with van der Waals surface area (Å²) in [6, 6.07) is -0.221. The van der Waals surface area contributed by atoms with Crippen molar-refractivity contribution in [3.63, 3.8) is 0 Å². The highest BCUT2D eigenvalue weighted by Gasteiger charge is 2.28. The zero-order chi connectivity index (χ0) is 11.5. The van der Waals surface area contributed by atoms with E-state index in [9.17, 15) is 13.2 Å². The third-order valence-electron chi connectivity index (χ3n) is 2.82. The van der Waals surface area contributed by atoms with Crippen LogP contribution in [0.5, 0.6) is 0 Å². The third kappa shape index (κ3) is 3.79. The molecule has 0 amide bonds. The molecule has 0 aromatic rings. The normalized spacial score (nSPS) is 30.5. The van der Waals surface area contributed by atoms with Crippen LogP contribution in [0.25, 0.3) is 0 Å². The number of nitrogens with two attached hydrogens (primary N) is 1. The van der Waals surface area contributed by atoms with Gasteiger partial charge in [0, 0.05) is 12.5 Å². The van der Waals surface area contributed by atoms with Crippen molar-refractivity contribution in [3.05, 3.63) is 0 Å². The van der Waals surface area contributed by atoms with Gasteiger partial charge in [0.2, 0.25) is 0 Å². The minimum Gasteiger partial charge on any atom is -0.469 e. The molecule has 1 saturated heterocycles. The Morgan fingerprint density at radius 1 is 1.40 bits per heavy atom. The van der Waals surface area contributed by atoms with E-state index in [1.165, 1.54) is 7.11 Å². The Balaban J connectivity index is 2.61. The predicted octanol–water partition coefficient (Wildman–Crippen LogP) is -0.298. The minimum atomic E-state index is -2.96. The van der Waals surface area contributed by atoms with E-state index in [0.717, 1.165) is 0 Å². The molecule has 2 N–H and O–H groups in total. The largest absolute Gasteiger partial charge is 0.469 e. The summed E-state index contributed by atoms with van der Waals surface area (Å²) in [6.07, 6.45) is 1.11. The molecule has 0 aromatic carbocycles. The molecule has 0 radical (unpaired) electrons. The van der Waals surface area contributed by atoms with Crippen LogP contribution in [0.3, 0.4) is 0 Å². The van der Waals surface area contributed by atoms with Gasteiger partial charge in [-0.3, -0.25) is 4.79 Å². The van der Waals surface area contributed by atoms with Crippen molar-refractivity contribution >= 4 is 15.8 Å². The van der Waals surface area contributed by atoms with Crippen molar-refractivity contribution in [3.8, 4) is 0 Å². The van der Waals surface area contributed by atoms with E-state index in [-0.39, 0.29) is 35.9 Å². The fourth-order valence-corrected chi connectivity index (χ4v) is 3.25. The van der Waals surface area contributed by atoms with Crippen LogP contribution < -0.4 is 5.73 Å². The van der Waals surface area contributed by atoms with Crippen molar-refractivity contribution in [2.75, 3.05) is 18.6 Å². The summed E-state index contributed by atoms with van der Waals surface area (Å²) in [5.74, 6) is -0.141. The Morgan fingerprint density at radius 2 is 2.00 bits per heavy atom. The van der Waals surface area contributed by atoms with Gasteiger partial charge in [0.1, 0.15) is 9.84 Å². The van der Waals surface area contributed by atoms with Crippen LogP contribution in [-0.4, -0.2) is 39.0 Å². The van der Waals surface area contributed by atoms with E-state index in [2.05, 4.69) is 4.74 Å². The van der Waals surface area contributed by atoms with Crippen LogP contribution in [0.15, 0.2) is 0 Å². The van der Waals surface area contributed by atoms with Crippen LogP contribution in [-0.2, 0) is 19.4 Å². The Hall–Kier alpha value is -0.620. The highest BCUT2D eigenvalue weighted by atomic mass is 32.2. The molecule has 15 heavy (non-hydrogen) atoms. The quantitative estimate of drug-likeness (QED) is 0.664. The molecule has 0 aromatic heterocycles. The first kappa shape index (κ1) is 12.4. The van der Waals surface area contributed by atoms with Gasteiger partial charge in [0.05, 0.1) is 18.6 Å². The fourth-order valence-electron chi connectivity index (χ4n) is 1.75. The molecule has 0 saturated carbocycles. The van der Waals surface area contributed by atoms with E-state index < -0.39 is 9.84 Å². The molecule has 0 aliphatic carbocycles. The second-order valence-corrected chi connectivity index (χ2v) is 6.24. The predicted molar refractivity (Wildman–Crippen MR) is 56.0 cm³/mol. The van der Waals surface area contributed by atoms with Gasteiger partial charge < -0.3 is 10.5 Å². The molecule has 6 heteroatoms. The summed E-state index contributed by atoms with van der Waals surface area (Å²) in [4.78, 5) is 11.1. The van der Waals surface area contributed by atoms with Crippen LogP contribution in [0.2, 0.25) is 0 Å². The maximum Gasteiger partial charge on any atom is 0.305 e. The van der Waals surface area contributed by atoms with Crippen LogP contribution in [0.1, 0.15) is 19.3 Å². The molecule has 1 heterocycles. The number of sulfone groups is 1. The first-order valence-corrected chi connectivity index (χ1v) is 6.79. The van der Waals surface area contributed by atoms with Crippen molar-refractivity contribution in [2.45, 2.75) is 25.3 Å². The van der Waals surface area contributed by atoms with Gasteiger partial charge in [-0.25, -0.2) is 8.42 Å². The molecule has 2 unspecified atom stereocenters. The average Bonchev–Trinajstić information content (AvgIpc) is 2.31. The number of hydrogen-bond donors (Lipinski definition) is 1. The maximum absolute atomic E-state index is 11.3. The topological polar surface area (TPSA) is 86.5 Å². The Bertz CT molecular complexity index is 325. The lowest BCUT2D eigenvalue weighted by Crippen LogP contribution is -2.31. The van der Waals surface area contributed by atoms with Gasteiger partial charge in [-0.15, -0.1) is 0 Å². The molecule has 1 aliphatic rings. The number of methoxy groups -OCH3 is 1. The summed E-state index contributed by atoms with van der Waals surface area (Å²) < 4.78 is 27.2. The van der Waals surface area contributed by atoms with E-state index in [1.54, 1.807) is 0 Å². The lowest BCUT2D eigenvalue weighted by molar-refractivity contribution is -0.141. The second-order valence-electron chi connectivity index (χ2n) is 3.93. The highest BCUT2D eigenvalue weighted by molar-refractivity contribution is 7.91. The zero-order valence-corrected chi connectivity index (χ0v) is 9.63. The minimum absolute atomic E-state index is 0.0743. The van der Waals surface area contributed by atoms with Crippen LogP contribution in [0, 0.1) is 5.92 Å². The van der Waals surface area contributed by atoms with Crippen LogP contribution in [0.4, 0.5) is 0 Å². The number of esters is 1. The Labute approximate surface area is 89.9 Å². The van der Waals surface area contributed by atoms with Crippen molar-refractivity contribution in [2.24, 2.45) is 11.7 Å². The number of carbonyl (C=O) groups excluding carboxylic acids is 1. The number of ether oxygens (including phenoxy) is 1. The number of rotatable bonds is 2. The first-order chi connectivity index (χ1) is 6.94. The van der Waals surface area contributed by atoms with E-state index in [4.69, 9.17) is 5.73 Å². The van der Waals surface area contributed by atoms with Crippen LogP contribution >= 0.6 is 0 Å². The van der Waals surface area contributed by atoms with Crippen molar-refractivity contribution < 1.29 is 17.9 Å². The third-order valence-corrected chi connectivity index (χ3v) is 4.54. The molecule has 1 aliphatic heterocycles. The molecule has 88 valence electrons. The molecular weight excluding hydrogens is 218 g/mol. The van der Waals surface area contributed by atoms with Crippen molar-refractivity contribution in [1.29, 1.82) is 0 Å². The number of carbonyl (C=O) groups is 1. The summed E-state index contributed by atoms with van der Waals surface area (Å²) in [5.41, 5.74) is 5.83. The first-order valence-electron chi connectivity index (χ1n) is 4.97. The molecule has 1 rings (SSSR count).